The molecule has 1 atom stereocenters. The molecule has 1 aromatic carbocycles. The quantitative estimate of drug-likeness (QED) is 0.871. The van der Waals surface area contributed by atoms with Crippen LogP contribution in [0.2, 0.25) is 5.02 Å². The van der Waals surface area contributed by atoms with Gasteiger partial charge in [-0.3, -0.25) is 4.79 Å². The molecule has 1 aromatic rings. The summed E-state index contributed by atoms with van der Waals surface area (Å²) in [5.74, 6) is -1.13. The molecule has 1 saturated heterocycles. The standard InChI is InChI=1S/C14H16ClF3N2O3S/c1-24(22,23)20-6-2-3-9(8-20)13(21)19-10-4-5-12(15)11(7-10)14(16,17)18/h4-5,7,9H,2-3,6,8H2,1H3,(H,19,21). The van der Waals surface area contributed by atoms with Gasteiger partial charge in [-0.1, -0.05) is 11.6 Å². The number of rotatable bonds is 3. The van der Waals surface area contributed by atoms with Crippen LogP contribution in [0.4, 0.5) is 18.9 Å². The van der Waals surface area contributed by atoms with Crippen molar-refractivity contribution in [2.45, 2.75) is 19.0 Å². The molecule has 134 valence electrons. The van der Waals surface area contributed by atoms with E-state index in [0.717, 1.165) is 18.4 Å². The number of piperidine rings is 1. The number of alkyl halides is 3. The number of amides is 1. The van der Waals surface area contributed by atoms with E-state index in [-0.39, 0.29) is 12.2 Å². The van der Waals surface area contributed by atoms with Crippen LogP contribution in [-0.4, -0.2) is 38.0 Å². The normalized spacial score (nSPS) is 20.0. The molecule has 5 nitrogen and oxygen atoms in total. The summed E-state index contributed by atoms with van der Waals surface area (Å²) in [4.78, 5) is 12.2. The van der Waals surface area contributed by atoms with E-state index >= 15 is 0 Å². The van der Waals surface area contributed by atoms with Gasteiger partial charge in [0.1, 0.15) is 0 Å². The second-order valence-corrected chi connectivity index (χ2v) is 8.03. The zero-order valence-corrected chi connectivity index (χ0v) is 14.3. The lowest BCUT2D eigenvalue weighted by Gasteiger charge is -2.30. The molecular formula is C14H16ClF3N2O3S. The Morgan fingerprint density at radius 3 is 2.62 bits per heavy atom. The van der Waals surface area contributed by atoms with Gasteiger partial charge in [-0.15, -0.1) is 0 Å². The van der Waals surface area contributed by atoms with E-state index in [1.807, 2.05) is 0 Å². The summed E-state index contributed by atoms with van der Waals surface area (Å²) >= 11 is 5.53. The minimum Gasteiger partial charge on any atom is -0.326 e. The van der Waals surface area contributed by atoms with E-state index in [0.29, 0.717) is 19.4 Å². The number of nitrogens with one attached hydrogen (secondary N) is 1. The lowest BCUT2D eigenvalue weighted by Crippen LogP contribution is -2.43. The summed E-state index contributed by atoms with van der Waals surface area (Å²) < 4.78 is 62.8. The minimum absolute atomic E-state index is 0.0182. The number of hydrogen-bond donors (Lipinski definition) is 1. The van der Waals surface area contributed by atoms with Gasteiger partial charge in [0, 0.05) is 18.8 Å². The fourth-order valence-electron chi connectivity index (χ4n) is 2.52. The average molecular weight is 385 g/mol. The van der Waals surface area contributed by atoms with Gasteiger partial charge < -0.3 is 5.32 Å². The number of carbonyl (C=O) groups is 1. The molecule has 1 aliphatic heterocycles. The Bertz CT molecular complexity index is 737. The van der Waals surface area contributed by atoms with Crippen molar-refractivity contribution in [3.63, 3.8) is 0 Å². The molecule has 1 fully saturated rings. The van der Waals surface area contributed by atoms with Crippen molar-refractivity contribution in [2.75, 3.05) is 24.7 Å². The first kappa shape index (κ1) is 19.0. The van der Waals surface area contributed by atoms with Crippen molar-refractivity contribution in [3.8, 4) is 0 Å². The highest BCUT2D eigenvalue weighted by atomic mass is 35.5. The van der Waals surface area contributed by atoms with Crippen molar-refractivity contribution in [1.82, 2.24) is 4.31 Å². The maximum Gasteiger partial charge on any atom is 0.417 e. The molecule has 24 heavy (non-hydrogen) atoms. The molecule has 0 spiro atoms. The monoisotopic (exact) mass is 384 g/mol. The molecule has 0 aromatic heterocycles. The van der Waals surface area contributed by atoms with Crippen LogP contribution in [0.25, 0.3) is 0 Å². The topological polar surface area (TPSA) is 66.5 Å². The molecule has 1 amide bonds. The van der Waals surface area contributed by atoms with Gasteiger partial charge in [0.2, 0.25) is 15.9 Å². The van der Waals surface area contributed by atoms with Crippen molar-refractivity contribution in [2.24, 2.45) is 5.92 Å². The highest BCUT2D eigenvalue weighted by Crippen LogP contribution is 2.36. The molecule has 0 aliphatic carbocycles. The van der Waals surface area contributed by atoms with Crippen LogP contribution in [0.15, 0.2) is 18.2 Å². The minimum atomic E-state index is -4.63. The van der Waals surface area contributed by atoms with Gasteiger partial charge in [0.05, 0.1) is 22.8 Å². The number of hydrogen-bond acceptors (Lipinski definition) is 3. The fourth-order valence-corrected chi connectivity index (χ4v) is 3.66. The Hall–Kier alpha value is -1.32. The molecule has 1 N–H and O–H groups in total. The summed E-state index contributed by atoms with van der Waals surface area (Å²) in [7, 11) is -3.41. The van der Waals surface area contributed by atoms with Crippen LogP contribution < -0.4 is 5.32 Å². The fraction of sp³-hybridized carbons (Fsp3) is 0.500. The van der Waals surface area contributed by atoms with Crippen molar-refractivity contribution >= 4 is 33.2 Å². The highest BCUT2D eigenvalue weighted by Gasteiger charge is 2.34. The van der Waals surface area contributed by atoms with Crippen LogP contribution >= 0.6 is 11.6 Å². The zero-order valence-electron chi connectivity index (χ0n) is 12.7. The Balaban J connectivity index is 2.12. The molecular weight excluding hydrogens is 369 g/mol. The number of nitrogens with zero attached hydrogens (tertiary/aromatic N) is 1. The van der Waals surface area contributed by atoms with Crippen LogP contribution in [0.5, 0.6) is 0 Å². The first-order valence-electron chi connectivity index (χ1n) is 7.11. The molecule has 1 aliphatic rings. The molecule has 0 radical (unpaired) electrons. The number of halogens is 4. The second-order valence-electron chi connectivity index (χ2n) is 5.64. The molecule has 2 rings (SSSR count). The molecule has 10 heteroatoms. The van der Waals surface area contributed by atoms with Crippen molar-refractivity contribution < 1.29 is 26.4 Å². The first-order valence-corrected chi connectivity index (χ1v) is 9.34. The Kier molecular flexibility index (Phi) is 5.46. The van der Waals surface area contributed by atoms with Crippen molar-refractivity contribution in [3.05, 3.63) is 28.8 Å². The predicted molar refractivity (Wildman–Crippen MR) is 84.2 cm³/mol. The Morgan fingerprint density at radius 1 is 1.38 bits per heavy atom. The van der Waals surface area contributed by atoms with Gasteiger partial charge in [-0.05, 0) is 31.0 Å². The van der Waals surface area contributed by atoms with E-state index in [9.17, 15) is 26.4 Å². The van der Waals surface area contributed by atoms with Crippen LogP contribution in [0, 0.1) is 5.92 Å². The van der Waals surface area contributed by atoms with E-state index in [4.69, 9.17) is 11.6 Å². The second kappa shape index (κ2) is 6.89. The summed E-state index contributed by atoms with van der Waals surface area (Å²) in [5, 5.41) is 1.95. The first-order chi connectivity index (χ1) is 11.0. The summed E-state index contributed by atoms with van der Waals surface area (Å²) in [6, 6.07) is 3.09. The molecule has 0 saturated carbocycles. The van der Waals surface area contributed by atoms with Crippen molar-refractivity contribution in [1.29, 1.82) is 0 Å². The third-order valence-electron chi connectivity index (χ3n) is 3.76. The SMILES string of the molecule is CS(=O)(=O)N1CCCC(C(=O)Nc2ccc(Cl)c(C(F)(F)F)c2)C1. The maximum atomic E-state index is 12.8. The number of benzene rings is 1. The van der Waals surface area contributed by atoms with E-state index < -0.39 is 38.6 Å². The van der Waals surface area contributed by atoms with Crippen LogP contribution in [0.1, 0.15) is 18.4 Å². The lowest BCUT2D eigenvalue weighted by molar-refractivity contribution is -0.137. The molecule has 0 bridgehead atoms. The highest BCUT2D eigenvalue weighted by molar-refractivity contribution is 7.88. The summed E-state index contributed by atoms with van der Waals surface area (Å²) in [6.45, 7) is 0.353. The molecule has 1 unspecified atom stereocenters. The number of anilines is 1. The van der Waals surface area contributed by atoms with Crippen LogP contribution in [0.3, 0.4) is 0 Å². The van der Waals surface area contributed by atoms with Gasteiger partial charge in [0.15, 0.2) is 0 Å². The van der Waals surface area contributed by atoms with Gasteiger partial charge >= 0.3 is 6.18 Å². The lowest BCUT2D eigenvalue weighted by atomic mass is 9.98. The number of sulfonamides is 1. The third-order valence-corrected chi connectivity index (χ3v) is 5.36. The predicted octanol–water partition coefficient (Wildman–Crippen LogP) is 2.97. The third kappa shape index (κ3) is 4.61. The van der Waals surface area contributed by atoms with Gasteiger partial charge in [-0.25, -0.2) is 12.7 Å². The van der Waals surface area contributed by atoms with Gasteiger partial charge in [-0.2, -0.15) is 13.2 Å². The smallest absolute Gasteiger partial charge is 0.326 e. The summed E-state index contributed by atoms with van der Waals surface area (Å²) in [6.07, 6.45) is -2.59. The Labute approximate surface area is 142 Å². The zero-order chi connectivity index (χ0) is 18.1. The molecule has 1 heterocycles. The number of carbonyl (C=O) groups excluding carboxylic acids is 1. The maximum absolute atomic E-state index is 12.8. The van der Waals surface area contributed by atoms with E-state index in [1.165, 1.54) is 10.4 Å². The largest absolute Gasteiger partial charge is 0.417 e. The average Bonchev–Trinajstić information content (AvgIpc) is 2.47. The van der Waals surface area contributed by atoms with Crippen LogP contribution in [-0.2, 0) is 21.0 Å². The summed E-state index contributed by atoms with van der Waals surface area (Å²) in [5.41, 5.74) is -1.07. The Morgan fingerprint density at radius 2 is 2.04 bits per heavy atom. The van der Waals surface area contributed by atoms with E-state index in [1.54, 1.807) is 0 Å². The van der Waals surface area contributed by atoms with E-state index in [2.05, 4.69) is 5.32 Å². The van der Waals surface area contributed by atoms with Gasteiger partial charge in [0.25, 0.3) is 0 Å².